The number of ketones is 1. The van der Waals surface area contributed by atoms with Gasteiger partial charge in [-0.2, -0.15) is 0 Å². The van der Waals surface area contributed by atoms with Gasteiger partial charge in [0.2, 0.25) is 0 Å². The zero-order chi connectivity index (χ0) is 19.2. The van der Waals surface area contributed by atoms with E-state index in [1.54, 1.807) is 24.3 Å². The molecule has 0 unspecified atom stereocenters. The SMILES string of the molecule is CC1(C)CC(=O)C2=C(C1)Nc1ccccc1N[C@H]2c1ccc(C(=O)O)cc1. The zero-order valence-electron chi connectivity index (χ0n) is 15.4. The Hall–Kier alpha value is -3.08. The highest BCUT2D eigenvalue weighted by Crippen LogP contribution is 2.45. The number of para-hydroxylation sites is 2. The standard InChI is InChI=1S/C22H22N2O3/c1-22(2)11-17-19(18(25)12-22)20(13-7-9-14(10-8-13)21(26)27)24-16-6-4-3-5-15(16)23-17/h3-10,20,23-24H,11-12H2,1-2H3,(H,26,27)/t20-/m0/s1. The first-order valence-corrected chi connectivity index (χ1v) is 9.06. The van der Waals surface area contributed by atoms with E-state index in [2.05, 4.69) is 24.5 Å². The summed E-state index contributed by atoms with van der Waals surface area (Å²) in [5.41, 5.74) is 4.56. The second kappa shape index (κ2) is 6.27. The van der Waals surface area contributed by atoms with Gasteiger partial charge in [0.15, 0.2) is 5.78 Å². The Balaban J connectivity index is 1.84. The van der Waals surface area contributed by atoms with Crippen LogP contribution in [0.15, 0.2) is 59.8 Å². The Morgan fingerprint density at radius 2 is 1.70 bits per heavy atom. The molecule has 0 radical (unpaired) electrons. The summed E-state index contributed by atoms with van der Waals surface area (Å²) in [4.78, 5) is 24.2. The van der Waals surface area contributed by atoms with Crippen molar-refractivity contribution in [2.24, 2.45) is 5.41 Å². The molecule has 0 aromatic heterocycles. The monoisotopic (exact) mass is 362 g/mol. The number of carboxylic acid groups (broad SMARTS) is 1. The van der Waals surface area contributed by atoms with Crippen molar-refractivity contribution in [1.82, 2.24) is 0 Å². The van der Waals surface area contributed by atoms with Crippen LogP contribution in [0.1, 0.15) is 48.7 Å². The minimum Gasteiger partial charge on any atom is -0.478 e. The van der Waals surface area contributed by atoms with Crippen LogP contribution >= 0.6 is 0 Å². The lowest BCUT2D eigenvalue weighted by atomic mass is 9.73. The van der Waals surface area contributed by atoms with E-state index in [1.807, 2.05) is 24.3 Å². The number of benzene rings is 2. The number of hydrogen-bond acceptors (Lipinski definition) is 4. The number of carbonyl (C=O) groups excluding carboxylic acids is 1. The molecule has 2 aromatic carbocycles. The third-order valence-electron chi connectivity index (χ3n) is 5.21. The first-order valence-electron chi connectivity index (χ1n) is 9.06. The minimum atomic E-state index is -0.960. The van der Waals surface area contributed by atoms with Gasteiger partial charge in [0.25, 0.3) is 0 Å². The summed E-state index contributed by atoms with van der Waals surface area (Å²) in [6.45, 7) is 4.22. The summed E-state index contributed by atoms with van der Waals surface area (Å²) in [5, 5.41) is 16.1. The summed E-state index contributed by atoms with van der Waals surface area (Å²) < 4.78 is 0. The van der Waals surface area contributed by atoms with Crippen molar-refractivity contribution in [3.63, 3.8) is 0 Å². The van der Waals surface area contributed by atoms with Crippen LogP contribution in [0.4, 0.5) is 11.4 Å². The van der Waals surface area contributed by atoms with Crippen LogP contribution in [0, 0.1) is 5.41 Å². The van der Waals surface area contributed by atoms with E-state index in [9.17, 15) is 9.59 Å². The Morgan fingerprint density at radius 1 is 1.04 bits per heavy atom. The first-order chi connectivity index (χ1) is 12.8. The third-order valence-corrected chi connectivity index (χ3v) is 5.21. The summed E-state index contributed by atoms with van der Waals surface area (Å²) >= 11 is 0. The molecule has 0 spiro atoms. The number of carbonyl (C=O) groups is 2. The Kier molecular flexibility index (Phi) is 4.02. The van der Waals surface area contributed by atoms with Gasteiger partial charge in [0.1, 0.15) is 0 Å². The van der Waals surface area contributed by atoms with Gasteiger partial charge in [-0.3, -0.25) is 4.79 Å². The van der Waals surface area contributed by atoms with Crippen LogP contribution in [0.2, 0.25) is 0 Å². The van der Waals surface area contributed by atoms with Crippen molar-refractivity contribution in [2.45, 2.75) is 32.7 Å². The van der Waals surface area contributed by atoms with Gasteiger partial charge < -0.3 is 15.7 Å². The van der Waals surface area contributed by atoms with Crippen LogP contribution in [-0.4, -0.2) is 16.9 Å². The molecular formula is C22H22N2O3. The topological polar surface area (TPSA) is 78.4 Å². The van der Waals surface area contributed by atoms with Gasteiger partial charge in [-0.25, -0.2) is 4.79 Å². The number of aromatic carboxylic acids is 1. The van der Waals surface area contributed by atoms with Crippen LogP contribution in [0.5, 0.6) is 0 Å². The van der Waals surface area contributed by atoms with Gasteiger partial charge in [-0.1, -0.05) is 38.1 Å². The number of fused-ring (bicyclic) bond motifs is 1. The van der Waals surface area contributed by atoms with Crippen molar-refractivity contribution >= 4 is 23.1 Å². The first kappa shape index (κ1) is 17.3. The lowest BCUT2D eigenvalue weighted by Gasteiger charge is -2.34. The molecule has 1 aliphatic heterocycles. The van der Waals surface area contributed by atoms with Gasteiger partial charge >= 0.3 is 5.97 Å². The number of rotatable bonds is 2. The molecule has 0 saturated carbocycles. The average molecular weight is 362 g/mol. The van der Waals surface area contributed by atoms with Crippen molar-refractivity contribution in [3.05, 3.63) is 70.9 Å². The molecule has 1 aliphatic carbocycles. The number of carboxylic acids is 1. The second-order valence-corrected chi connectivity index (χ2v) is 8.01. The predicted molar refractivity (Wildman–Crippen MR) is 105 cm³/mol. The largest absolute Gasteiger partial charge is 0.478 e. The van der Waals surface area contributed by atoms with E-state index in [-0.39, 0.29) is 22.8 Å². The van der Waals surface area contributed by atoms with E-state index in [0.717, 1.165) is 34.6 Å². The summed E-state index contributed by atoms with van der Waals surface area (Å²) in [6.07, 6.45) is 1.28. The lowest BCUT2D eigenvalue weighted by Crippen LogP contribution is -2.31. The molecule has 0 saturated heterocycles. The number of nitrogens with one attached hydrogen (secondary N) is 2. The molecular weight excluding hydrogens is 340 g/mol. The fourth-order valence-corrected chi connectivity index (χ4v) is 3.96. The highest BCUT2D eigenvalue weighted by atomic mass is 16.4. The fourth-order valence-electron chi connectivity index (χ4n) is 3.96. The molecule has 0 bridgehead atoms. The van der Waals surface area contributed by atoms with Crippen molar-refractivity contribution in [2.75, 3.05) is 10.6 Å². The molecule has 27 heavy (non-hydrogen) atoms. The molecule has 138 valence electrons. The molecule has 4 rings (SSSR count). The molecule has 3 N–H and O–H groups in total. The van der Waals surface area contributed by atoms with Crippen molar-refractivity contribution in [1.29, 1.82) is 0 Å². The average Bonchev–Trinajstić information content (AvgIpc) is 2.77. The summed E-state index contributed by atoms with van der Waals surface area (Å²) in [5.74, 6) is -0.834. The normalized spacial score (nSPS) is 20.7. The third kappa shape index (κ3) is 3.21. The Bertz CT molecular complexity index is 958. The van der Waals surface area contributed by atoms with Gasteiger partial charge in [-0.05, 0) is 41.7 Å². The van der Waals surface area contributed by atoms with E-state index in [0.29, 0.717) is 6.42 Å². The molecule has 2 aliphatic rings. The molecule has 1 heterocycles. The van der Waals surface area contributed by atoms with Crippen molar-refractivity contribution < 1.29 is 14.7 Å². The Morgan fingerprint density at radius 3 is 2.37 bits per heavy atom. The maximum atomic E-state index is 13.1. The highest BCUT2D eigenvalue weighted by Gasteiger charge is 2.38. The molecule has 0 fully saturated rings. The molecule has 5 nitrogen and oxygen atoms in total. The smallest absolute Gasteiger partial charge is 0.335 e. The minimum absolute atomic E-state index is 0.0973. The molecule has 0 amide bonds. The van der Waals surface area contributed by atoms with Crippen molar-refractivity contribution in [3.8, 4) is 0 Å². The maximum absolute atomic E-state index is 13.1. The molecule has 1 atom stereocenters. The van der Waals surface area contributed by atoms with Crippen LogP contribution < -0.4 is 10.6 Å². The second-order valence-electron chi connectivity index (χ2n) is 8.01. The van der Waals surface area contributed by atoms with Crippen LogP contribution in [0.25, 0.3) is 0 Å². The van der Waals surface area contributed by atoms with E-state index >= 15 is 0 Å². The number of hydrogen-bond donors (Lipinski definition) is 3. The quantitative estimate of drug-likeness (QED) is 0.727. The van der Waals surface area contributed by atoms with E-state index < -0.39 is 5.97 Å². The van der Waals surface area contributed by atoms with E-state index in [1.165, 1.54) is 0 Å². The highest BCUT2D eigenvalue weighted by molar-refractivity contribution is 6.01. The van der Waals surface area contributed by atoms with E-state index in [4.69, 9.17) is 5.11 Å². The molecule has 2 aromatic rings. The summed E-state index contributed by atoms with van der Waals surface area (Å²) in [7, 11) is 0. The van der Waals surface area contributed by atoms with Crippen LogP contribution in [0.3, 0.4) is 0 Å². The number of Topliss-reactive ketones (excluding diaryl/α,β-unsaturated/α-hetero) is 1. The summed E-state index contributed by atoms with van der Waals surface area (Å²) in [6, 6.07) is 14.3. The Labute approximate surface area is 158 Å². The van der Waals surface area contributed by atoms with Gasteiger partial charge in [0, 0.05) is 17.7 Å². The van der Waals surface area contributed by atoms with Crippen LogP contribution in [-0.2, 0) is 4.79 Å². The fraction of sp³-hybridized carbons (Fsp3) is 0.273. The van der Waals surface area contributed by atoms with Gasteiger partial charge in [-0.15, -0.1) is 0 Å². The molecule has 5 heteroatoms. The number of allylic oxidation sites excluding steroid dienone is 1. The zero-order valence-corrected chi connectivity index (χ0v) is 15.4. The number of anilines is 2. The lowest BCUT2D eigenvalue weighted by molar-refractivity contribution is -0.118. The van der Waals surface area contributed by atoms with Gasteiger partial charge in [0.05, 0.1) is 23.0 Å². The maximum Gasteiger partial charge on any atom is 0.335 e. The predicted octanol–water partition coefficient (Wildman–Crippen LogP) is 4.61.